The topological polar surface area (TPSA) is 41.1 Å². The molecule has 0 spiro atoms. The van der Waals surface area contributed by atoms with Crippen LogP contribution >= 0.6 is 11.8 Å². The molecule has 2 amide bonds. The van der Waals surface area contributed by atoms with Gasteiger partial charge < -0.3 is 10.6 Å². The van der Waals surface area contributed by atoms with Gasteiger partial charge in [-0.2, -0.15) is 8.78 Å². The summed E-state index contributed by atoms with van der Waals surface area (Å²) in [5.74, 6) is -2.50. The molecule has 2 N–H and O–H groups in total. The van der Waals surface area contributed by atoms with Crippen LogP contribution in [-0.2, 0) is 0 Å². The first-order chi connectivity index (χ1) is 8.15. The monoisotopic (exact) mass is 258 g/mol. The Hall–Kier alpha value is -1.30. The van der Waals surface area contributed by atoms with Crippen LogP contribution in [0.15, 0.2) is 29.2 Å². The van der Waals surface area contributed by atoms with Crippen molar-refractivity contribution >= 4 is 23.5 Å². The normalized spacial score (nSPS) is 14.8. The van der Waals surface area contributed by atoms with E-state index in [1.54, 1.807) is 24.3 Å². The van der Waals surface area contributed by atoms with Gasteiger partial charge in [-0.25, -0.2) is 4.79 Å². The number of amides is 2. The fraction of sp³-hybridized carbons (Fsp3) is 0.364. The van der Waals surface area contributed by atoms with Gasteiger partial charge in [0.05, 0.1) is 5.69 Å². The van der Waals surface area contributed by atoms with E-state index < -0.39 is 5.76 Å². The zero-order valence-electron chi connectivity index (χ0n) is 8.95. The number of hydrogen-bond acceptors (Lipinski definition) is 2. The van der Waals surface area contributed by atoms with Gasteiger partial charge in [-0.05, 0) is 25.0 Å². The molecule has 0 atom stereocenters. The lowest BCUT2D eigenvalue weighted by atomic mass is 10.3. The van der Waals surface area contributed by atoms with Crippen LogP contribution in [0.2, 0.25) is 0 Å². The van der Waals surface area contributed by atoms with Crippen molar-refractivity contribution in [2.24, 2.45) is 0 Å². The number of thioether (sulfide) groups is 1. The zero-order chi connectivity index (χ0) is 12.3. The molecule has 0 aliphatic heterocycles. The lowest BCUT2D eigenvalue weighted by Gasteiger charge is -2.10. The SMILES string of the molecule is O=C(Nc1ccccc1SC(F)F)NC1CC1. The minimum absolute atomic E-state index is 0.241. The van der Waals surface area contributed by atoms with Crippen molar-refractivity contribution in [3.8, 4) is 0 Å². The Labute approximate surface area is 102 Å². The molecular formula is C11H12F2N2OS. The third-order valence-corrected chi connectivity index (χ3v) is 3.05. The van der Waals surface area contributed by atoms with Crippen molar-refractivity contribution in [1.82, 2.24) is 5.32 Å². The Balaban J connectivity index is 2.00. The van der Waals surface area contributed by atoms with Crippen molar-refractivity contribution in [3.05, 3.63) is 24.3 Å². The first-order valence-electron chi connectivity index (χ1n) is 5.26. The Bertz CT molecular complexity index is 410. The summed E-state index contributed by atoms with van der Waals surface area (Å²) in [7, 11) is 0. The largest absolute Gasteiger partial charge is 0.335 e. The summed E-state index contributed by atoms with van der Waals surface area (Å²) < 4.78 is 24.6. The van der Waals surface area contributed by atoms with Crippen LogP contribution in [0.5, 0.6) is 0 Å². The fourth-order valence-electron chi connectivity index (χ4n) is 1.34. The van der Waals surface area contributed by atoms with Crippen molar-refractivity contribution in [1.29, 1.82) is 0 Å². The second kappa shape index (κ2) is 5.35. The second-order valence-corrected chi connectivity index (χ2v) is 4.78. The van der Waals surface area contributed by atoms with Crippen LogP contribution in [0.4, 0.5) is 19.3 Å². The summed E-state index contributed by atoms with van der Waals surface area (Å²) in [6.45, 7) is 0. The first kappa shape index (κ1) is 12.2. The van der Waals surface area contributed by atoms with E-state index in [9.17, 15) is 13.6 Å². The molecule has 1 aromatic carbocycles. The van der Waals surface area contributed by atoms with Crippen LogP contribution in [0, 0.1) is 0 Å². The summed E-state index contributed by atoms with van der Waals surface area (Å²) in [5, 5.41) is 5.32. The number of hydrogen-bond donors (Lipinski definition) is 2. The van der Waals surface area contributed by atoms with E-state index in [1.165, 1.54) is 0 Å². The van der Waals surface area contributed by atoms with E-state index >= 15 is 0 Å². The number of anilines is 1. The van der Waals surface area contributed by atoms with E-state index in [0.717, 1.165) is 12.8 Å². The summed E-state index contributed by atoms with van der Waals surface area (Å²) >= 11 is 0.426. The van der Waals surface area contributed by atoms with Gasteiger partial charge in [-0.1, -0.05) is 23.9 Å². The molecule has 1 aliphatic carbocycles. The Morgan fingerprint density at radius 3 is 2.71 bits per heavy atom. The van der Waals surface area contributed by atoms with Crippen molar-refractivity contribution in [3.63, 3.8) is 0 Å². The number of halogens is 2. The van der Waals surface area contributed by atoms with E-state index in [0.29, 0.717) is 22.3 Å². The van der Waals surface area contributed by atoms with Gasteiger partial charge in [0.2, 0.25) is 0 Å². The molecule has 17 heavy (non-hydrogen) atoms. The number of para-hydroxylation sites is 1. The molecule has 0 heterocycles. The lowest BCUT2D eigenvalue weighted by molar-refractivity contribution is 0.250. The van der Waals surface area contributed by atoms with Gasteiger partial charge in [0, 0.05) is 10.9 Å². The highest BCUT2D eigenvalue weighted by Gasteiger charge is 2.23. The lowest BCUT2D eigenvalue weighted by Crippen LogP contribution is -2.30. The van der Waals surface area contributed by atoms with Crippen molar-refractivity contribution in [2.45, 2.75) is 29.5 Å². The Morgan fingerprint density at radius 1 is 1.35 bits per heavy atom. The van der Waals surface area contributed by atoms with Gasteiger partial charge in [0.1, 0.15) is 0 Å². The maximum Gasteiger partial charge on any atom is 0.319 e. The van der Waals surface area contributed by atoms with E-state index in [2.05, 4.69) is 10.6 Å². The molecule has 0 bridgehead atoms. The predicted octanol–water partition coefficient (Wildman–Crippen LogP) is 3.29. The van der Waals surface area contributed by atoms with Crippen LogP contribution in [0.1, 0.15) is 12.8 Å². The smallest absolute Gasteiger partial charge is 0.319 e. The molecule has 92 valence electrons. The maximum atomic E-state index is 12.3. The molecule has 1 aliphatic rings. The summed E-state index contributed by atoms with van der Waals surface area (Å²) in [5.41, 5.74) is 0.413. The van der Waals surface area contributed by atoms with Gasteiger partial charge in [0.25, 0.3) is 5.76 Å². The van der Waals surface area contributed by atoms with Crippen molar-refractivity contribution in [2.75, 3.05) is 5.32 Å². The number of nitrogens with one attached hydrogen (secondary N) is 2. The molecule has 1 saturated carbocycles. The molecular weight excluding hydrogens is 246 g/mol. The molecule has 0 aromatic heterocycles. The predicted molar refractivity (Wildman–Crippen MR) is 63.5 cm³/mol. The zero-order valence-corrected chi connectivity index (χ0v) is 9.77. The molecule has 1 fully saturated rings. The average Bonchev–Trinajstić information content (AvgIpc) is 3.04. The quantitative estimate of drug-likeness (QED) is 0.814. The maximum absolute atomic E-state index is 12.3. The van der Waals surface area contributed by atoms with Crippen LogP contribution in [0.3, 0.4) is 0 Å². The Kier molecular flexibility index (Phi) is 3.83. The minimum Gasteiger partial charge on any atom is -0.335 e. The Morgan fingerprint density at radius 2 is 2.06 bits per heavy atom. The molecule has 6 heteroatoms. The van der Waals surface area contributed by atoms with Crippen LogP contribution in [0.25, 0.3) is 0 Å². The van der Waals surface area contributed by atoms with Gasteiger partial charge in [0.15, 0.2) is 0 Å². The molecule has 0 radical (unpaired) electrons. The molecule has 2 rings (SSSR count). The highest BCUT2D eigenvalue weighted by atomic mass is 32.2. The van der Waals surface area contributed by atoms with Gasteiger partial charge in [-0.3, -0.25) is 0 Å². The van der Waals surface area contributed by atoms with Gasteiger partial charge >= 0.3 is 6.03 Å². The molecule has 1 aromatic rings. The molecule has 0 unspecified atom stereocenters. The summed E-state index contributed by atoms with van der Waals surface area (Å²) in [6.07, 6.45) is 1.97. The molecule has 3 nitrogen and oxygen atoms in total. The number of rotatable bonds is 4. The summed E-state index contributed by atoms with van der Waals surface area (Å²) in [4.78, 5) is 11.9. The third-order valence-electron chi connectivity index (χ3n) is 2.26. The summed E-state index contributed by atoms with van der Waals surface area (Å²) in [6, 6.07) is 6.43. The van der Waals surface area contributed by atoms with Gasteiger partial charge in [-0.15, -0.1) is 0 Å². The highest BCUT2D eigenvalue weighted by molar-refractivity contribution is 7.99. The highest BCUT2D eigenvalue weighted by Crippen LogP contribution is 2.31. The number of urea groups is 1. The molecule has 0 saturated heterocycles. The van der Waals surface area contributed by atoms with Crippen molar-refractivity contribution < 1.29 is 13.6 Å². The van der Waals surface area contributed by atoms with Crippen LogP contribution in [-0.4, -0.2) is 17.8 Å². The fourth-order valence-corrected chi connectivity index (χ4v) is 1.94. The number of carbonyl (C=O) groups is 1. The van der Waals surface area contributed by atoms with E-state index in [1.807, 2.05) is 0 Å². The van der Waals surface area contributed by atoms with E-state index in [-0.39, 0.29) is 12.1 Å². The second-order valence-electron chi connectivity index (χ2n) is 3.75. The third kappa shape index (κ3) is 3.89. The average molecular weight is 258 g/mol. The van der Waals surface area contributed by atoms with E-state index in [4.69, 9.17) is 0 Å². The number of alkyl halides is 2. The standard InChI is InChI=1S/C11H12F2N2OS/c12-10(13)17-9-4-2-1-3-8(9)15-11(16)14-7-5-6-7/h1-4,7,10H,5-6H2,(H2,14,15,16). The first-order valence-corrected chi connectivity index (χ1v) is 6.14. The number of benzene rings is 1. The van der Waals surface area contributed by atoms with Crippen LogP contribution < -0.4 is 10.6 Å². The minimum atomic E-state index is -2.50. The number of carbonyl (C=O) groups excluding carboxylic acids is 1.